The van der Waals surface area contributed by atoms with Crippen LogP contribution in [0.1, 0.15) is 72.5 Å². The van der Waals surface area contributed by atoms with E-state index in [9.17, 15) is 13.6 Å². The van der Waals surface area contributed by atoms with Crippen molar-refractivity contribution in [2.75, 3.05) is 0 Å². The molecule has 1 atom stereocenters. The molecule has 3 aromatic rings. The van der Waals surface area contributed by atoms with E-state index in [4.69, 9.17) is 14.4 Å². The van der Waals surface area contributed by atoms with Crippen molar-refractivity contribution in [1.82, 2.24) is 10.1 Å². The minimum Gasteiger partial charge on any atom is -0.478 e. The van der Waals surface area contributed by atoms with Gasteiger partial charge in [0.15, 0.2) is 5.82 Å². The second-order valence-corrected chi connectivity index (χ2v) is 9.47. The van der Waals surface area contributed by atoms with Gasteiger partial charge in [0, 0.05) is 30.3 Å². The molecular weight excluding hydrogens is 468 g/mol. The number of aliphatic imine (C=N–C) groups is 1. The van der Waals surface area contributed by atoms with Gasteiger partial charge < -0.3 is 14.4 Å². The number of aromatic nitrogens is 2. The Hall–Kier alpha value is -3.46. The number of aromatic carboxylic acids is 1. The highest BCUT2D eigenvalue weighted by molar-refractivity contribution is 5.87. The first-order valence-electron chi connectivity index (χ1n) is 12.3. The van der Waals surface area contributed by atoms with E-state index < -0.39 is 17.6 Å². The van der Waals surface area contributed by atoms with Crippen LogP contribution in [0.4, 0.5) is 14.6 Å². The zero-order valence-corrected chi connectivity index (χ0v) is 19.7. The van der Waals surface area contributed by atoms with Crippen LogP contribution in [0.5, 0.6) is 0 Å². The Kier molecular flexibility index (Phi) is 7.18. The van der Waals surface area contributed by atoms with Crippen LogP contribution >= 0.6 is 0 Å². The molecule has 0 spiro atoms. The molecular formula is C27H27F2N3O4. The largest absolute Gasteiger partial charge is 0.478 e. The lowest BCUT2D eigenvalue weighted by molar-refractivity contribution is 0.0201. The predicted molar refractivity (Wildman–Crippen MR) is 128 cm³/mol. The zero-order chi connectivity index (χ0) is 25.1. The van der Waals surface area contributed by atoms with Gasteiger partial charge in [0.05, 0.1) is 23.8 Å². The van der Waals surface area contributed by atoms with E-state index in [0.717, 1.165) is 32.1 Å². The van der Waals surface area contributed by atoms with Gasteiger partial charge in [-0.3, -0.25) is 0 Å². The minimum absolute atomic E-state index is 0.0995. The highest BCUT2D eigenvalue weighted by Gasteiger charge is 2.34. The van der Waals surface area contributed by atoms with E-state index >= 15 is 0 Å². The van der Waals surface area contributed by atoms with Crippen LogP contribution in [0.3, 0.4) is 0 Å². The van der Waals surface area contributed by atoms with Gasteiger partial charge in [-0.05, 0) is 49.4 Å². The van der Waals surface area contributed by atoms with Gasteiger partial charge in [-0.2, -0.15) is 0 Å². The monoisotopic (exact) mass is 495 g/mol. The number of hydrogen-bond acceptors (Lipinski definition) is 6. The zero-order valence-electron chi connectivity index (χ0n) is 19.7. The number of carboxylic acids is 1. The molecule has 7 nitrogen and oxygen atoms in total. The quantitative estimate of drug-likeness (QED) is 0.307. The van der Waals surface area contributed by atoms with Crippen LogP contribution in [0.2, 0.25) is 0 Å². The maximum absolute atomic E-state index is 14.5. The molecule has 2 aliphatic carbocycles. The summed E-state index contributed by atoms with van der Waals surface area (Å²) in [5.74, 6) is -0.587. The Labute approximate surface area is 207 Å². The second kappa shape index (κ2) is 10.7. The number of carboxylic acid groups (broad SMARTS) is 1. The summed E-state index contributed by atoms with van der Waals surface area (Å²) in [7, 11) is 0. The molecule has 5 rings (SSSR count). The molecule has 0 saturated heterocycles. The SMILES string of the molecule is O=C(O)c1ccc(/N=C/CC(CC2CCC2)OCc2c(-c3c(F)cccc3F)noc2C2CC2)nc1. The Morgan fingerprint density at radius 3 is 2.58 bits per heavy atom. The summed E-state index contributed by atoms with van der Waals surface area (Å²) in [6, 6.07) is 6.75. The fourth-order valence-electron chi connectivity index (χ4n) is 4.43. The van der Waals surface area contributed by atoms with Gasteiger partial charge in [-0.15, -0.1) is 0 Å². The van der Waals surface area contributed by atoms with Crippen molar-refractivity contribution < 1.29 is 27.9 Å². The Morgan fingerprint density at radius 2 is 1.97 bits per heavy atom. The van der Waals surface area contributed by atoms with E-state index in [-0.39, 0.29) is 35.4 Å². The van der Waals surface area contributed by atoms with Gasteiger partial charge >= 0.3 is 5.97 Å². The maximum Gasteiger partial charge on any atom is 0.337 e. The molecule has 1 unspecified atom stereocenters. The first-order chi connectivity index (χ1) is 17.5. The molecule has 36 heavy (non-hydrogen) atoms. The summed E-state index contributed by atoms with van der Waals surface area (Å²) in [6.45, 7) is 0.134. The van der Waals surface area contributed by atoms with E-state index in [1.54, 1.807) is 12.3 Å². The first kappa shape index (κ1) is 24.2. The van der Waals surface area contributed by atoms with Crippen molar-refractivity contribution in [3.05, 3.63) is 65.1 Å². The summed E-state index contributed by atoms with van der Waals surface area (Å²) in [6.07, 6.45) is 9.63. The first-order valence-corrected chi connectivity index (χ1v) is 12.3. The van der Waals surface area contributed by atoms with E-state index in [0.29, 0.717) is 29.5 Å². The molecule has 2 aliphatic rings. The van der Waals surface area contributed by atoms with E-state index in [1.807, 2.05) is 0 Å². The summed E-state index contributed by atoms with van der Waals surface area (Å²) >= 11 is 0. The van der Waals surface area contributed by atoms with Crippen molar-refractivity contribution >= 4 is 18.0 Å². The number of ether oxygens (including phenoxy) is 1. The maximum atomic E-state index is 14.5. The third-order valence-corrected chi connectivity index (χ3v) is 6.84. The number of pyridine rings is 1. The van der Waals surface area contributed by atoms with E-state index in [1.165, 1.54) is 36.9 Å². The molecule has 9 heteroatoms. The number of hydrogen-bond donors (Lipinski definition) is 1. The molecule has 188 valence electrons. The fraction of sp³-hybridized carbons (Fsp3) is 0.407. The molecule has 1 aromatic carbocycles. The lowest BCUT2D eigenvalue weighted by Gasteiger charge is -2.29. The van der Waals surface area contributed by atoms with Crippen molar-refractivity contribution in [2.45, 2.75) is 63.6 Å². The topological polar surface area (TPSA) is 97.8 Å². The number of carbonyl (C=O) groups is 1. The molecule has 0 amide bonds. The van der Waals surface area contributed by atoms with Crippen LogP contribution in [0.15, 0.2) is 46.0 Å². The molecule has 0 radical (unpaired) electrons. The smallest absolute Gasteiger partial charge is 0.337 e. The third kappa shape index (κ3) is 5.51. The minimum atomic E-state index is -1.04. The van der Waals surface area contributed by atoms with Crippen LogP contribution < -0.4 is 0 Å². The van der Waals surface area contributed by atoms with Crippen molar-refractivity contribution in [1.29, 1.82) is 0 Å². The Bertz CT molecular complexity index is 1230. The summed E-state index contributed by atoms with van der Waals surface area (Å²) < 4.78 is 41.0. The fourth-order valence-corrected chi connectivity index (χ4v) is 4.43. The van der Waals surface area contributed by atoms with Crippen LogP contribution in [0, 0.1) is 17.6 Å². The summed E-state index contributed by atoms with van der Waals surface area (Å²) in [5, 5.41) is 13.1. The van der Waals surface area contributed by atoms with Gasteiger partial charge in [-0.25, -0.2) is 23.6 Å². The lowest BCUT2D eigenvalue weighted by atomic mass is 9.81. The summed E-state index contributed by atoms with van der Waals surface area (Å²) in [5.41, 5.74) is 0.663. The molecule has 2 fully saturated rings. The number of benzene rings is 1. The van der Waals surface area contributed by atoms with Crippen molar-refractivity contribution in [3.8, 4) is 11.3 Å². The third-order valence-electron chi connectivity index (χ3n) is 6.84. The summed E-state index contributed by atoms with van der Waals surface area (Å²) in [4.78, 5) is 19.4. The molecule has 2 aromatic heterocycles. The molecule has 2 saturated carbocycles. The van der Waals surface area contributed by atoms with Crippen molar-refractivity contribution in [2.24, 2.45) is 10.9 Å². The predicted octanol–water partition coefficient (Wildman–Crippen LogP) is 6.46. The average Bonchev–Trinajstić information content (AvgIpc) is 3.60. The highest BCUT2D eigenvalue weighted by atomic mass is 19.1. The molecule has 0 aliphatic heterocycles. The second-order valence-electron chi connectivity index (χ2n) is 9.47. The van der Waals surface area contributed by atoms with Crippen LogP contribution in [-0.4, -0.2) is 33.5 Å². The molecule has 2 heterocycles. The van der Waals surface area contributed by atoms with Gasteiger partial charge in [0.1, 0.15) is 23.1 Å². The molecule has 1 N–H and O–H groups in total. The Morgan fingerprint density at radius 1 is 1.19 bits per heavy atom. The number of nitrogens with zero attached hydrogens (tertiary/aromatic N) is 3. The number of rotatable bonds is 11. The normalized spacial score (nSPS) is 16.8. The molecule has 0 bridgehead atoms. The van der Waals surface area contributed by atoms with Crippen molar-refractivity contribution in [3.63, 3.8) is 0 Å². The van der Waals surface area contributed by atoms with Gasteiger partial charge in [-0.1, -0.05) is 30.5 Å². The van der Waals surface area contributed by atoms with Crippen LogP contribution in [-0.2, 0) is 11.3 Å². The lowest BCUT2D eigenvalue weighted by Crippen LogP contribution is -2.22. The highest BCUT2D eigenvalue weighted by Crippen LogP contribution is 2.45. The standard InChI is InChI=1S/C27H27F2N3O4/c28-21-5-2-6-22(29)24(21)25-20(26(36-32-25)17-7-8-17)15-35-19(13-16-3-1-4-16)11-12-30-23-10-9-18(14-31-23)27(33)34/h2,5-6,9-10,12,14,16-17,19H,1,3-4,7-8,11,13,15H2,(H,33,34)/b30-12+. The number of halogens is 2. The van der Waals surface area contributed by atoms with Crippen LogP contribution in [0.25, 0.3) is 11.3 Å². The van der Waals surface area contributed by atoms with E-state index in [2.05, 4.69) is 15.1 Å². The van der Waals surface area contributed by atoms with Gasteiger partial charge in [0.2, 0.25) is 0 Å². The average molecular weight is 496 g/mol. The van der Waals surface area contributed by atoms with Gasteiger partial charge in [0.25, 0.3) is 0 Å². The Balaban J connectivity index is 1.32.